The van der Waals surface area contributed by atoms with Gasteiger partial charge in [0.25, 0.3) is 0 Å². The Labute approximate surface area is 134 Å². The lowest BCUT2D eigenvalue weighted by Gasteiger charge is -2.16. The molecule has 2 rings (SSSR count). The minimum Gasteiger partial charge on any atom is -0.376 e. The molecule has 0 saturated heterocycles. The first-order chi connectivity index (χ1) is 9.74. The third kappa shape index (κ3) is 4.62. The molecule has 1 heterocycles. The van der Waals surface area contributed by atoms with Crippen molar-refractivity contribution in [3.05, 3.63) is 45.1 Å². The fraction of sp³-hybridized carbons (Fsp3) is 0.286. The zero-order chi connectivity index (χ0) is 15.6. The van der Waals surface area contributed by atoms with E-state index in [9.17, 15) is 8.42 Å². The number of rotatable bonds is 5. The van der Waals surface area contributed by atoms with Crippen molar-refractivity contribution in [3.63, 3.8) is 0 Å². The zero-order valence-corrected chi connectivity index (χ0v) is 14.4. The van der Waals surface area contributed by atoms with Crippen molar-refractivity contribution in [3.8, 4) is 0 Å². The van der Waals surface area contributed by atoms with E-state index in [1.54, 1.807) is 29.5 Å². The molecular weight excluding hydrogens is 328 g/mol. The van der Waals surface area contributed by atoms with Crippen molar-refractivity contribution in [2.45, 2.75) is 19.9 Å². The zero-order valence-electron chi connectivity index (χ0n) is 12.0. The fourth-order valence-electron chi connectivity index (χ4n) is 1.90. The number of thiophene rings is 1. The van der Waals surface area contributed by atoms with E-state index in [0.717, 1.165) is 6.26 Å². The number of aryl methyl sites for hydroxylation is 1. The Bertz CT molecular complexity index is 741. The van der Waals surface area contributed by atoms with E-state index in [4.69, 9.17) is 11.6 Å². The molecule has 21 heavy (non-hydrogen) atoms. The van der Waals surface area contributed by atoms with Gasteiger partial charge in [-0.2, -0.15) is 0 Å². The van der Waals surface area contributed by atoms with Crippen LogP contribution in [-0.4, -0.2) is 14.7 Å². The van der Waals surface area contributed by atoms with Crippen molar-refractivity contribution in [1.29, 1.82) is 0 Å². The van der Waals surface area contributed by atoms with Crippen LogP contribution in [0, 0.1) is 6.92 Å². The highest BCUT2D eigenvalue weighted by atomic mass is 35.5. The highest BCUT2D eigenvalue weighted by molar-refractivity contribution is 7.92. The third-order valence-electron chi connectivity index (χ3n) is 2.83. The Morgan fingerprint density at radius 1 is 1.24 bits per heavy atom. The monoisotopic (exact) mass is 344 g/mol. The first-order valence-electron chi connectivity index (χ1n) is 6.35. The highest BCUT2D eigenvalue weighted by Crippen LogP contribution is 2.31. The van der Waals surface area contributed by atoms with E-state index in [1.165, 1.54) is 9.75 Å². The molecule has 1 aromatic carbocycles. The Kier molecular flexibility index (Phi) is 4.81. The molecule has 0 aliphatic carbocycles. The topological polar surface area (TPSA) is 58.2 Å². The van der Waals surface area contributed by atoms with Crippen LogP contribution in [-0.2, 0) is 10.0 Å². The molecule has 4 nitrogen and oxygen atoms in total. The van der Waals surface area contributed by atoms with Crippen LogP contribution in [0.1, 0.15) is 22.7 Å². The van der Waals surface area contributed by atoms with Gasteiger partial charge in [0, 0.05) is 9.75 Å². The Morgan fingerprint density at radius 3 is 2.52 bits per heavy atom. The van der Waals surface area contributed by atoms with E-state index in [-0.39, 0.29) is 6.04 Å². The fourth-order valence-corrected chi connectivity index (χ4v) is 3.51. The molecule has 0 saturated carbocycles. The van der Waals surface area contributed by atoms with Crippen LogP contribution in [0.2, 0.25) is 5.02 Å². The largest absolute Gasteiger partial charge is 0.376 e. The predicted molar refractivity (Wildman–Crippen MR) is 91.0 cm³/mol. The maximum Gasteiger partial charge on any atom is 0.229 e. The molecule has 1 unspecified atom stereocenters. The highest BCUT2D eigenvalue weighted by Gasteiger charge is 2.11. The lowest BCUT2D eigenvalue weighted by molar-refractivity contribution is 0.607. The average Bonchev–Trinajstić information content (AvgIpc) is 2.78. The van der Waals surface area contributed by atoms with Gasteiger partial charge in [-0.05, 0) is 44.2 Å². The van der Waals surface area contributed by atoms with Gasteiger partial charge < -0.3 is 5.32 Å². The maximum absolute atomic E-state index is 11.3. The van der Waals surface area contributed by atoms with Crippen LogP contribution in [0.4, 0.5) is 11.4 Å². The first kappa shape index (κ1) is 16.1. The standard InChI is InChI=1S/C14H17ClN2O2S2/c1-9-4-7-14(20-9)10(2)16-13-8-11(5-6-12(13)15)17-21(3,18)19/h4-8,10,16-17H,1-3H3. The van der Waals surface area contributed by atoms with Gasteiger partial charge in [0.2, 0.25) is 10.0 Å². The van der Waals surface area contributed by atoms with Crippen LogP contribution in [0.3, 0.4) is 0 Å². The molecule has 2 aromatic rings. The van der Waals surface area contributed by atoms with Crippen molar-refractivity contribution in [2.75, 3.05) is 16.3 Å². The average molecular weight is 345 g/mol. The molecule has 7 heteroatoms. The van der Waals surface area contributed by atoms with Gasteiger partial charge in [0.15, 0.2) is 0 Å². The molecule has 0 fully saturated rings. The Morgan fingerprint density at radius 2 is 1.95 bits per heavy atom. The van der Waals surface area contributed by atoms with Gasteiger partial charge in [-0.25, -0.2) is 8.42 Å². The molecule has 114 valence electrons. The van der Waals surface area contributed by atoms with Gasteiger partial charge in [0.1, 0.15) is 0 Å². The first-order valence-corrected chi connectivity index (χ1v) is 9.43. The summed E-state index contributed by atoms with van der Waals surface area (Å²) in [6.07, 6.45) is 1.12. The summed E-state index contributed by atoms with van der Waals surface area (Å²) in [6.45, 7) is 4.10. The molecule has 1 aromatic heterocycles. The van der Waals surface area contributed by atoms with Crippen LogP contribution in [0.15, 0.2) is 30.3 Å². The summed E-state index contributed by atoms with van der Waals surface area (Å²) in [5.41, 5.74) is 1.18. The molecule has 0 bridgehead atoms. The number of benzene rings is 1. The van der Waals surface area contributed by atoms with Crippen LogP contribution >= 0.6 is 22.9 Å². The molecule has 0 radical (unpaired) electrons. The third-order valence-corrected chi connectivity index (χ3v) is 4.95. The summed E-state index contributed by atoms with van der Waals surface area (Å²) in [4.78, 5) is 2.45. The molecule has 2 N–H and O–H groups in total. The summed E-state index contributed by atoms with van der Waals surface area (Å²) in [5.74, 6) is 0. The summed E-state index contributed by atoms with van der Waals surface area (Å²) < 4.78 is 25.0. The van der Waals surface area contributed by atoms with Crippen LogP contribution < -0.4 is 10.0 Å². The second-order valence-corrected chi connectivity index (χ2v) is 8.36. The number of anilines is 2. The predicted octanol–water partition coefficient (Wildman–Crippen LogP) is 4.25. The lowest BCUT2D eigenvalue weighted by Crippen LogP contribution is -2.10. The maximum atomic E-state index is 11.3. The van der Waals surface area contributed by atoms with E-state index in [0.29, 0.717) is 16.4 Å². The lowest BCUT2D eigenvalue weighted by atomic mass is 10.2. The van der Waals surface area contributed by atoms with Gasteiger partial charge in [0.05, 0.1) is 28.7 Å². The second-order valence-electron chi connectivity index (χ2n) is 4.88. The van der Waals surface area contributed by atoms with E-state index >= 15 is 0 Å². The number of hydrogen-bond acceptors (Lipinski definition) is 4. The molecule has 0 amide bonds. The molecule has 0 spiro atoms. The van der Waals surface area contributed by atoms with Gasteiger partial charge in [-0.3, -0.25) is 4.72 Å². The Balaban J connectivity index is 2.21. The number of sulfonamides is 1. The number of hydrogen-bond donors (Lipinski definition) is 2. The van der Waals surface area contributed by atoms with Gasteiger partial charge >= 0.3 is 0 Å². The summed E-state index contributed by atoms with van der Waals surface area (Å²) in [7, 11) is -3.30. The number of halogens is 1. The molecule has 1 atom stereocenters. The molecule has 0 aliphatic rings. The van der Waals surface area contributed by atoms with Crippen molar-refractivity contribution in [1.82, 2.24) is 0 Å². The van der Waals surface area contributed by atoms with Crippen molar-refractivity contribution < 1.29 is 8.42 Å². The van der Waals surface area contributed by atoms with Crippen molar-refractivity contribution in [2.24, 2.45) is 0 Å². The molecule has 0 aliphatic heterocycles. The van der Waals surface area contributed by atoms with Crippen molar-refractivity contribution >= 4 is 44.3 Å². The van der Waals surface area contributed by atoms with Crippen LogP contribution in [0.25, 0.3) is 0 Å². The summed E-state index contributed by atoms with van der Waals surface area (Å²) in [5, 5.41) is 3.86. The van der Waals surface area contributed by atoms with E-state index in [2.05, 4.69) is 29.1 Å². The second kappa shape index (κ2) is 6.25. The van der Waals surface area contributed by atoms with E-state index in [1.807, 2.05) is 6.92 Å². The minimum atomic E-state index is -3.30. The normalized spacial score (nSPS) is 13.0. The minimum absolute atomic E-state index is 0.0923. The SMILES string of the molecule is Cc1ccc(C(C)Nc2cc(NS(C)(=O)=O)ccc2Cl)s1. The van der Waals surface area contributed by atoms with Crippen LogP contribution in [0.5, 0.6) is 0 Å². The van der Waals surface area contributed by atoms with Gasteiger partial charge in [-0.15, -0.1) is 11.3 Å². The summed E-state index contributed by atoms with van der Waals surface area (Å²) >= 11 is 7.89. The Hall–Kier alpha value is -1.24. The van der Waals surface area contributed by atoms with E-state index < -0.39 is 10.0 Å². The quantitative estimate of drug-likeness (QED) is 0.852. The number of nitrogens with one attached hydrogen (secondary N) is 2. The smallest absolute Gasteiger partial charge is 0.229 e. The molecular formula is C14H17ClN2O2S2. The van der Waals surface area contributed by atoms with Gasteiger partial charge in [-0.1, -0.05) is 11.6 Å². The summed E-state index contributed by atoms with van der Waals surface area (Å²) in [6, 6.07) is 9.24.